The summed E-state index contributed by atoms with van der Waals surface area (Å²) in [5, 5.41) is 12.8. The van der Waals surface area contributed by atoms with Crippen LogP contribution in [0.15, 0.2) is 78.2 Å². The van der Waals surface area contributed by atoms with Crippen LogP contribution in [0.25, 0.3) is 0 Å². The minimum atomic E-state index is -0.316. The van der Waals surface area contributed by atoms with Gasteiger partial charge in [0.05, 0.1) is 12.3 Å². The number of amides is 1. The second kappa shape index (κ2) is 9.62. The van der Waals surface area contributed by atoms with Gasteiger partial charge in [-0.25, -0.2) is 4.98 Å². The van der Waals surface area contributed by atoms with Gasteiger partial charge in [-0.1, -0.05) is 72.4 Å². The zero-order valence-corrected chi connectivity index (χ0v) is 19.3. The molecule has 2 heterocycles. The van der Waals surface area contributed by atoms with Crippen LogP contribution in [0.2, 0.25) is 0 Å². The highest BCUT2D eigenvalue weighted by Gasteiger charge is 2.30. The molecule has 0 aliphatic heterocycles. The molecule has 1 aliphatic rings. The fourth-order valence-electron chi connectivity index (χ4n) is 3.90. The molecule has 0 saturated heterocycles. The minimum Gasteiger partial charge on any atom is -0.341 e. The largest absolute Gasteiger partial charge is 0.341 e. The first-order valence-electron chi connectivity index (χ1n) is 11.1. The highest BCUT2D eigenvalue weighted by molar-refractivity contribution is 7.99. The van der Waals surface area contributed by atoms with E-state index in [4.69, 9.17) is 0 Å². The van der Waals surface area contributed by atoms with Crippen molar-refractivity contribution in [1.29, 1.82) is 0 Å². The van der Waals surface area contributed by atoms with Gasteiger partial charge in [0.2, 0.25) is 5.91 Å². The maximum atomic E-state index is 13.0. The Labute approximate surface area is 197 Å². The number of nitrogens with one attached hydrogen (secondary N) is 1. The van der Waals surface area contributed by atoms with Crippen LogP contribution in [-0.4, -0.2) is 36.0 Å². The van der Waals surface area contributed by atoms with Crippen molar-refractivity contribution >= 4 is 17.7 Å². The van der Waals surface area contributed by atoms with Crippen molar-refractivity contribution in [3.8, 4) is 0 Å². The van der Waals surface area contributed by atoms with Crippen molar-refractivity contribution in [2.45, 2.75) is 36.5 Å². The first-order chi connectivity index (χ1) is 16.2. The first kappa shape index (κ1) is 21.5. The number of imidazole rings is 1. The lowest BCUT2D eigenvalue weighted by atomic mass is 10.1. The number of aromatic nitrogens is 5. The van der Waals surface area contributed by atoms with Gasteiger partial charge < -0.3 is 14.5 Å². The summed E-state index contributed by atoms with van der Waals surface area (Å²) in [5.74, 6) is 2.49. The van der Waals surface area contributed by atoms with E-state index in [0.29, 0.717) is 12.5 Å². The van der Waals surface area contributed by atoms with Gasteiger partial charge in [0.1, 0.15) is 17.7 Å². The number of hydrogen-bond acceptors (Lipinski definition) is 5. The molecule has 7 nitrogen and oxygen atoms in total. The first-order valence-corrected chi connectivity index (χ1v) is 12.1. The van der Waals surface area contributed by atoms with Crippen LogP contribution in [0.5, 0.6) is 0 Å². The summed E-state index contributed by atoms with van der Waals surface area (Å²) >= 11 is 1.43. The SMILES string of the molecule is Cn1ccnc1[C@H](NC(=O)CSc1nnc(C2CC2)n1Cc1ccccc1)c1ccccc1. The molecule has 4 aromatic rings. The van der Waals surface area contributed by atoms with Crippen LogP contribution in [0, 0.1) is 0 Å². The minimum absolute atomic E-state index is 0.0703. The van der Waals surface area contributed by atoms with Gasteiger partial charge in [-0.05, 0) is 24.0 Å². The summed E-state index contributed by atoms with van der Waals surface area (Å²) < 4.78 is 4.10. The molecule has 1 atom stereocenters. The lowest BCUT2D eigenvalue weighted by Gasteiger charge is -2.19. The Morgan fingerprint density at radius 1 is 1.09 bits per heavy atom. The van der Waals surface area contributed by atoms with E-state index in [1.54, 1.807) is 6.20 Å². The average Bonchev–Trinajstić information content (AvgIpc) is 3.48. The fraction of sp³-hybridized carbons (Fsp3) is 0.280. The number of rotatable bonds is 9. The van der Waals surface area contributed by atoms with Crippen molar-refractivity contribution < 1.29 is 4.79 Å². The van der Waals surface area contributed by atoms with Gasteiger partial charge in [-0.3, -0.25) is 4.79 Å². The Kier molecular flexibility index (Phi) is 6.26. The number of aryl methyl sites for hydroxylation is 1. The lowest BCUT2D eigenvalue weighted by Crippen LogP contribution is -2.32. The van der Waals surface area contributed by atoms with E-state index in [0.717, 1.165) is 35.2 Å². The Bertz CT molecular complexity index is 1220. The Morgan fingerprint density at radius 3 is 2.48 bits per heavy atom. The van der Waals surface area contributed by atoms with Crippen molar-refractivity contribution in [2.24, 2.45) is 7.05 Å². The molecule has 33 heavy (non-hydrogen) atoms. The number of carbonyl (C=O) groups is 1. The summed E-state index contributed by atoms with van der Waals surface area (Å²) in [5.41, 5.74) is 2.19. The maximum Gasteiger partial charge on any atom is 0.231 e. The van der Waals surface area contributed by atoms with Crippen LogP contribution < -0.4 is 5.32 Å². The Balaban J connectivity index is 1.31. The molecule has 1 amide bonds. The van der Waals surface area contributed by atoms with Gasteiger partial charge in [-0.15, -0.1) is 10.2 Å². The smallest absolute Gasteiger partial charge is 0.231 e. The molecule has 0 spiro atoms. The lowest BCUT2D eigenvalue weighted by molar-refractivity contribution is -0.119. The number of benzene rings is 2. The number of nitrogens with zero attached hydrogens (tertiary/aromatic N) is 5. The summed E-state index contributed by atoms with van der Waals surface area (Å²) in [6.07, 6.45) is 5.94. The van der Waals surface area contributed by atoms with Crippen LogP contribution >= 0.6 is 11.8 Å². The quantitative estimate of drug-likeness (QED) is 0.385. The molecule has 1 fully saturated rings. The summed E-state index contributed by atoms with van der Waals surface area (Å²) in [6, 6.07) is 19.9. The van der Waals surface area contributed by atoms with E-state index >= 15 is 0 Å². The maximum absolute atomic E-state index is 13.0. The second-order valence-corrected chi connectivity index (χ2v) is 9.23. The zero-order valence-electron chi connectivity index (χ0n) is 18.5. The third kappa shape index (κ3) is 5.01. The number of thioether (sulfide) groups is 1. The predicted molar refractivity (Wildman–Crippen MR) is 128 cm³/mol. The van der Waals surface area contributed by atoms with Gasteiger partial charge >= 0.3 is 0 Å². The molecule has 2 aromatic carbocycles. The molecule has 168 valence electrons. The van der Waals surface area contributed by atoms with Crippen molar-refractivity contribution in [3.63, 3.8) is 0 Å². The highest BCUT2D eigenvalue weighted by Crippen LogP contribution is 2.40. The standard InChI is InChI=1S/C25H26N6OS/c1-30-15-14-26-24(30)22(19-10-6-3-7-11-19)27-21(32)17-33-25-29-28-23(20-12-13-20)31(25)16-18-8-4-2-5-9-18/h2-11,14-15,20,22H,12-13,16-17H2,1H3,(H,27,32)/t22-/m1/s1. The second-order valence-electron chi connectivity index (χ2n) is 8.28. The van der Waals surface area contributed by atoms with Crippen LogP contribution in [0.4, 0.5) is 0 Å². The van der Waals surface area contributed by atoms with Crippen molar-refractivity contribution in [2.75, 3.05) is 5.75 Å². The van der Waals surface area contributed by atoms with Gasteiger partial charge in [0.25, 0.3) is 0 Å². The average molecular weight is 459 g/mol. The molecule has 0 radical (unpaired) electrons. The molecular weight excluding hydrogens is 432 g/mol. The number of carbonyl (C=O) groups excluding carboxylic acids is 1. The molecule has 2 aromatic heterocycles. The molecule has 1 saturated carbocycles. The van der Waals surface area contributed by atoms with Crippen LogP contribution in [-0.2, 0) is 18.4 Å². The van der Waals surface area contributed by atoms with Crippen molar-refractivity contribution in [3.05, 3.63) is 95.8 Å². The van der Waals surface area contributed by atoms with E-state index in [1.165, 1.54) is 17.3 Å². The Morgan fingerprint density at radius 2 is 1.82 bits per heavy atom. The third-order valence-electron chi connectivity index (χ3n) is 5.76. The zero-order chi connectivity index (χ0) is 22.6. The molecule has 1 aliphatic carbocycles. The van der Waals surface area contributed by atoms with Gasteiger partial charge in [0.15, 0.2) is 5.16 Å². The van der Waals surface area contributed by atoms with E-state index < -0.39 is 0 Å². The monoisotopic (exact) mass is 458 g/mol. The molecule has 8 heteroatoms. The third-order valence-corrected chi connectivity index (χ3v) is 6.73. The van der Waals surface area contributed by atoms with E-state index in [9.17, 15) is 4.79 Å². The van der Waals surface area contributed by atoms with E-state index in [1.807, 2.05) is 66.3 Å². The van der Waals surface area contributed by atoms with E-state index in [-0.39, 0.29) is 17.7 Å². The molecule has 0 unspecified atom stereocenters. The van der Waals surface area contributed by atoms with E-state index in [2.05, 4.69) is 37.2 Å². The molecule has 5 rings (SSSR count). The van der Waals surface area contributed by atoms with Crippen LogP contribution in [0.1, 0.15) is 47.6 Å². The predicted octanol–water partition coefficient (Wildman–Crippen LogP) is 3.94. The molecule has 0 bridgehead atoms. The molecular formula is C25H26N6OS. The van der Waals surface area contributed by atoms with Crippen LogP contribution in [0.3, 0.4) is 0 Å². The normalized spacial score (nSPS) is 14.2. The topological polar surface area (TPSA) is 77.6 Å². The summed E-state index contributed by atoms with van der Waals surface area (Å²) in [7, 11) is 1.94. The van der Waals surface area contributed by atoms with Gasteiger partial charge in [-0.2, -0.15) is 0 Å². The number of hydrogen-bond donors (Lipinski definition) is 1. The van der Waals surface area contributed by atoms with Gasteiger partial charge in [0, 0.05) is 25.4 Å². The fourth-order valence-corrected chi connectivity index (χ4v) is 4.65. The molecule has 1 N–H and O–H groups in total. The Hall–Kier alpha value is -3.39. The highest BCUT2D eigenvalue weighted by atomic mass is 32.2. The summed E-state index contributed by atoms with van der Waals surface area (Å²) in [4.78, 5) is 17.5. The van der Waals surface area contributed by atoms with Crippen molar-refractivity contribution in [1.82, 2.24) is 29.6 Å². The summed E-state index contributed by atoms with van der Waals surface area (Å²) in [6.45, 7) is 0.712.